The molecule has 0 aromatic carbocycles. The number of rotatable bonds is 6. The van der Waals surface area contributed by atoms with Gasteiger partial charge in [-0.05, 0) is 18.1 Å². The fourth-order valence-corrected chi connectivity index (χ4v) is 4.11. The molecule has 0 fully saturated rings. The SMILES string of the molecule is CCC(C)C(NS(=O)(=O)c1ccc(Cl)s1)C(=O)O. The zero-order valence-corrected chi connectivity index (χ0v) is 12.3. The van der Waals surface area contributed by atoms with Gasteiger partial charge in [0.1, 0.15) is 10.3 Å². The third-order valence-corrected chi connectivity index (χ3v) is 5.74. The summed E-state index contributed by atoms with van der Waals surface area (Å²) in [5.74, 6) is -1.48. The molecule has 18 heavy (non-hydrogen) atoms. The van der Waals surface area contributed by atoms with Crippen LogP contribution in [0.4, 0.5) is 0 Å². The minimum atomic E-state index is -3.84. The Morgan fingerprint density at radius 3 is 2.56 bits per heavy atom. The summed E-state index contributed by atoms with van der Waals surface area (Å²) in [5, 5.41) is 9.04. The van der Waals surface area contributed by atoms with E-state index in [9.17, 15) is 13.2 Å². The number of hydrogen-bond acceptors (Lipinski definition) is 4. The van der Waals surface area contributed by atoms with E-state index >= 15 is 0 Å². The van der Waals surface area contributed by atoms with E-state index in [1.165, 1.54) is 12.1 Å². The topological polar surface area (TPSA) is 83.5 Å². The molecule has 0 aliphatic rings. The van der Waals surface area contributed by atoms with Crippen molar-refractivity contribution in [2.45, 2.75) is 30.5 Å². The van der Waals surface area contributed by atoms with Gasteiger partial charge in [0.25, 0.3) is 10.0 Å². The first-order chi connectivity index (χ1) is 8.27. The van der Waals surface area contributed by atoms with Crippen LogP contribution in [0.3, 0.4) is 0 Å². The lowest BCUT2D eigenvalue weighted by atomic mass is 10.0. The molecular weight excluding hydrogens is 298 g/mol. The van der Waals surface area contributed by atoms with Crippen LogP contribution in [0, 0.1) is 5.92 Å². The summed E-state index contributed by atoms with van der Waals surface area (Å²) in [6.07, 6.45) is 0.560. The smallest absolute Gasteiger partial charge is 0.322 e. The predicted octanol–water partition coefficient (Wildman–Crippen LogP) is 2.18. The Morgan fingerprint density at radius 2 is 2.17 bits per heavy atom. The van der Waals surface area contributed by atoms with Crippen LogP contribution in [0.25, 0.3) is 0 Å². The van der Waals surface area contributed by atoms with Gasteiger partial charge in [-0.15, -0.1) is 11.3 Å². The molecule has 0 amide bonds. The number of halogens is 1. The van der Waals surface area contributed by atoms with E-state index in [1.54, 1.807) is 13.8 Å². The highest BCUT2D eigenvalue weighted by atomic mass is 35.5. The summed E-state index contributed by atoms with van der Waals surface area (Å²) < 4.78 is 26.5. The summed E-state index contributed by atoms with van der Waals surface area (Å²) in [4.78, 5) is 11.1. The molecule has 102 valence electrons. The number of carboxylic acids is 1. The monoisotopic (exact) mass is 311 g/mol. The maximum absolute atomic E-state index is 12.0. The Bertz CT molecular complexity index is 526. The minimum absolute atomic E-state index is 0.0158. The molecule has 1 aromatic rings. The highest BCUT2D eigenvalue weighted by Crippen LogP contribution is 2.26. The van der Waals surface area contributed by atoms with Gasteiger partial charge in [-0.2, -0.15) is 4.72 Å². The first-order valence-corrected chi connectivity index (χ1v) is 7.96. The Kier molecular flexibility index (Phi) is 5.15. The third kappa shape index (κ3) is 3.68. The van der Waals surface area contributed by atoms with Gasteiger partial charge < -0.3 is 5.11 Å². The third-order valence-electron chi connectivity index (χ3n) is 2.57. The van der Waals surface area contributed by atoms with Crippen molar-refractivity contribution in [3.05, 3.63) is 16.5 Å². The van der Waals surface area contributed by atoms with Crippen molar-refractivity contribution >= 4 is 38.9 Å². The van der Waals surface area contributed by atoms with Gasteiger partial charge in [0, 0.05) is 0 Å². The van der Waals surface area contributed by atoms with Gasteiger partial charge in [0.15, 0.2) is 0 Å². The van der Waals surface area contributed by atoms with E-state index in [2.05, 4.69) is 4.72 Å². The van der Waals surface area contributed by atoms with E-state index in [4.69, 9.17) is 16.7 Å². The van der Waals surface area contributed by atoms with Crippen LogP contribution in [0.2, 0.25) is 4.34 Å². The van der Waals surface area contributed by atoms with Gasteiger partial charge in [0.05, 0.1) is 4.34 Å². The van der Waals surface area contributed by atoms with Gasteiger partial charge in [-0.1, -0.05) is 31.9 Å². The van der Waals surface area contributed by atoms with Crippen LogP contribution in [0.1, 0.15) is 20.3 Å². The molecule has 2 unspecified atom stereocenters. The molecule has 0 saturated carbocycles. The summed E-state index contributed by atoms with van der Waals surface area (Å²) in [5.41, 5.74) is 0. The maximum Gasteiger partial charge on any atom is 0.322 e. The average molecular weight is 312 g/mol. The largest absolute Gasteiger partial charge is 0.480 e. The maximum atomic E-state index is 12.0. The number of sulfonamides is 1. The highest BCUT2D eigenvalue weighted by Gasteiger charge is 2.30. The highest BCUT2D eigenvalue weighted by molar-refractivity contribution is 7.91. The number of carboxylic acid groups (broad SMARTS) is 1. The molecule has 0 radical (unpaired) electrons. The van der Waals surface area contributed by atoms with Crippen LogP contribution in [0.5, 0.6) is 0 Å². The standard InChI is InChI=1S/C10H14ClNO4S2/c1-3-6(2)9(10(13)14)12-18(15,16)8-5-4-7(11)17-8/h4-6,9,12H,3H2,1-2H3,(H,13,14). The number of aliphatic carboxylic acids is 1. The van der Waals surface area contributed by atoms with Gasteiger partial charge in [-0.25, -0.2) is 8.42 Å². The van der Waals surface area contributed by atoms with Crippen molar-refractivity contribution in [3.63, 3.8) is 0 Å². The van der Waals surface area contributed by atoms with Crippen LogP contribution >= 0.6 is 22.9 Å². The van der Waals surface area contributed by atoms with Crippen molar-refractivity contribution in [1.29, 1.82) is 0 Å². The number of hydrogen-bond donors (Lipinski definition) is 2. The van der Waals surface area contributed by atoms with Crippen LogP contribution in [-0.4, -0.2) is 25.5 Å². The summed E-state index contributed by atoms with van der Waals surface area (Å²) in [6.45, 7) is 3.49. The fraction of sp³-hybridized carbons (Fsp3) is 0.500. The second-order valence-electron chi connectivity index (χ2n) is 3.88. The predicted molar refractivity (Wildman–Crippen MR) is 70.5 cm³/mol. The number of carbonyl (C=O) groups is 1. The molecule has 1 heterocycles. The number of nitrogens with one attached hydrogen (secondary N) is 1. The van der Waals surface area contributed by atoms with Crippen molar-refractivity contribution in [3.8, 4) is 0 Å². The Hall–Kier alpha value is -0.630. The van der Waals surface area contributed by atoms with Crippen LogP contribution in [0.15, 0.2) is 16.3 Å². The average Bonchev–Trinajstić information content (AvgIpc) is 2.72. The molecule has 0 bridgehead atoms. The zero-order chi connectivity index (χ0) is 13.9. The second kappa shape index (κ2) is 6.01. The van der Waals surface area contributed by atoms with Crippen molar-refractivity contribution in [1.82, 2.24) is 4.72 Å². The molecule has 8 heteroatoms. The molecule has 0 aliphatic heterocycles. The second-order valence-corrected chi connectivity index (χ2v) is 7.54. The molecule has 2 atom stereocenters. The molecule has 1 rings (SSSR count). The molecular formula is C10H14ClNO4S2. The van der Waals surface area contributed by atoms with E-state index < -0.39 is 22.0 Å². The Morgan fingerprint density at radius 1 is 1.56 bits per heavy atom. The Balaban J connectivity index is 2.96. The molecule has 1 aromatic heterocycles. The van der Waals surface area contributed by atoms with Gasteiger partial charge >= 0.3 is 5.97 Å². The quantitative estimate of drug-likeness (QED) is 0.843. The lowest BCUT2D eigenvalue weighted by molar-refractivity contribution is -0.140. The van der Waals surface area contributed by atoms with Crippen molar-refractivity contribution < 1.29 is 18.3 Å². The normalized spacial score (nSPS) is 15.3. The Labute approximate surface area is 115 Å². The van der Waals surface area contributed by atoms with Crippen molar-refractivity contribution in [2.75, 3.05) is 0 Å². The van der Waals surface area contributed by atoms with Crippen LogP contribution in [-0.2, 0) is 14.8 Å². The molecule has 2 N–H and O–H groups in total. The van der Waals surface area contributed by atoms with E-state index in [0.29, 0.717) is 10.8 Å². The van der Waals surface area contributed by atoms with E-state index in [1.807, 2.05) is 0 Å². The van der Waals surface area contributed by atoms with Crippen molar-refractivity contribution in [2.24, 2.45) is 5.92 Å². The zero-order valence-electron chi connectivity index (χ0n) is 9.88. The first-order valence-electron chi connectivity index (χ1n) is 5.28. The summed E-state index contributed by atoms with van der Waals surface area (Å²) >= 11 is 6.56. The summed E-state index contributed by atoms with van der Waals surface area (Å²) in [6, 6.07) is 1.67. The molecule has 0 spiro atoms. The number of thiophene rings is 1. The van der Waals surface area contributed by atoms with Crippen LogP contribution < -0.4 is 4.72 Å². The van der Waals surface area contributed by atoms with E-state index in [0.717, 1.165) is 11.3 Å². The molecule has 0 saturated heterocycles. The summed E-state index contributed by atoms with van der Waals surface area (Å²) in [7, 11) is -3.84. The lowest BCUT2D eigenvalue weighted by Gasteiger charge is -2.19. The van der Waals surface area contributed by atoms with Gasteiger partial charge in [0.2, 0.25) is 0 Å². The molecule has 5 nitrogen and oxygen atoms in total. The van der Waals surface area contributed by atoms with Gasteiger partial charge in [-0.3, -0.25) is 4.79 Å². The lowest BCUT2D eigenvalue weighted by Crippen LogP contribution is -2.44. The fourth-order valence-electron chi connectivity index (χ4n) is 1.31. The van der Waals surface area contributed by atoms with E-state index in [-0.39, 0.29) is 10.1 Å². The first kappa shape index (κ1) is 15.4. The minimum Gasteiger partial charge on any atom is -0.480 e. The molecule has 0 aliphatic carbocycles.